The Kier molecular flexibility index (Phi) is 3.22. The number of nitrogens with one attached hydrogen (secondary N) is 2. The molecule has 1 aliphatic heterocycles. The van der Waals surface area contributed by atoms with E-state index < -0.39 is 5.54 Å². The summed E-state index contributed by atoms with van der Waals surface area (Å²) in [6, 6.07) is 1.17. The standard InChI is InChI=1S/C12H23N3O/c1-12(2,13-3)11(16)14-9-6-7-15(8-9)10-4-5-10/h9-10,13H,4-8H2,1-3H3,(H,14,16). The third-order valence-corrected chi connectivity index (χ3v) is 3.81. The van der Waals surface area contributed by atoms with Crippen molar-refractivity contribution in [1.82, 2.24) is 15.5 Å². The molecule has 1 amide bonds. The number of nitrogens with zero attached hydrogens (tertiary/aromatic N) is 1. The van der Waals surface area contributed by atoms with Crippen molar-refractivity contribution in [3.05, 3.63) is 0 Å². The Hall–Kier alpha value is -0.610. The summed E-state index contributed by atoms with van der Waals surface area (Å²) in [5.41, 5.74) is -0.465. The maximum atomic E-state index is 12.0. The van der Waals surface area contributed by atoms with Crippen molar-refractivity contribution in [3.8, 4) is 0 Å². The number of hydrogen-bond donors (Lipinski definition) is 2. The summed E-state index contributed by atoms with van der Waals surface area (Å²) in [5.74, 6) is 0.109. The molecule has 0 aromatic heterocycles. The molecule has 92 valence electrons. The van der Waals surface area contributed by atoms with Crippen molar-refractivity contribution in [2.75, 3.05) is 20.1 Å². The number of hydrogen-bond acceptors (Lipinski definition) is 3. The fraction of sp³-hybridized carbons (Fsp3) is 0.917. The summed E-state index contributed by atoms with van der Waals surface area (Å²) in [4.78, 5) is 14.5. The lowest BCUT2D eigenvalue weighted by molar-refractivity contribution is -0.126. The predicted molar refractivity (Wildman–Crippen MR) is 64.3 cm³/mol. The van der Waals surface area contributed by atoms with Gasteiger partial charge in [-0.05, 0) is 40.2 Å². The Morgan fingerprint density at radius 1 is 1.31 bits per heavy atom. The van der Waals surface area contributed by atoms with Crippen LogP contribution in [-0.4, -0.2) is 48.6 Å². The maximum Gasteiger partial charge on any atom is 0.239 e. The van der Waals surface area contributed by atoms with Crippen LogP contribution >= 0.6 is 0 Å². The highest BCUT2D eigenvalue weighted by Crippen LogP contribution is 2.29. The van der Waals surface area contributed by atoms with Crippen molar-refractivity contribution >= 4 is 5.91 Å². The predicted octanol–water partition coefficient (Wildman–Crippen LogP) is 0.337. The van der Waals surface area contributed by atoms with Gasteiger partial charge < -0.3 is 10.6 Å². The molecule has 4 nitrogen and oxygen atoms in total. The van der Waals surface area contributed by atoms with Crippen LogP contribution < -0.4 is 10.6 Å². The van der Waals surface area contributed by atoms with Crippen LogP contribution in [0, 0.1) is 0 Å². The van der Waals surface area contributed by atoms with Crippen LogP contribution in [0.2, 0.25) is 0 Å². The average Bonchev–Trinajstić information content (AvgIpc) is 3.00. The zero-order valence-corrected chi connectivity index (χ0v) is 10.5. The average molecular weight is 225 g/mol. The Bertz CT molecular complexity index is 273. The first kappa shape index (κ1) is 11.9. The maximum absolute atomic E-state index is 12.0. The first-order chi connectivity index (χ1) is 7.53. The van der Waals surface area contributed by atoms with Crippen molar-refractivity contribution in [2.24, 2.45) is 0 Å². The smallest absolute Gasteiger partial charge is 0.239 e. The summed E-state index contributed by atoms with van der Waals surface area (Å²) >= 11 is 0. The summed E-state index contributed by atoms with van der Waals surface area (Å²) in [5, 5.41) is 6.18. The van der Waals surface area contributed by atoms with E-state index in [4.69, 9.17) is 0 Å². The largest absolute Gasteiger partial charge is 0.350 e. The van der Waals surface area contributed by atoms with E-state index in [-0.39, 0.29) is 5.91 Å². The van der Waals surface area contributed by atoms with Gasteiger partial charge in [0.2, 0.25) is 5.91 Å². The van der Waals surface area contributed by atoms with E-state index >= 15 is 0 Å². The van der Waals surface area contributed by atoms with Crippen molar-refractivity contribution in [3.63, 3.8) is 0 Å². The van der Waals surface area contributed by atoms with Gasteiger partial charge >= 0.3 is 0 Å². The lowest BCUT2D eigenvalue weighted by Gasteiger charge is -2.25. The van der Waals surface area contributed by atoms with Crippen LogP contribution in [0.25, 0.3) is 0 Å². The third-order valence-electron chi connectivity index (χ3n) is 3.81. The van der Waals surface area contributed by atoms with Gasteiger partial charge in [0.15, 0.2) is 0 Å². The SMILES string of the molecule is CNC(C)(C)C(=O)NC1CCN(C2CC2)C1. The Balaban J connectivity index is 1.80. The van der Waals surface area contributed by atoms with E-state index in [1.54, 1.807) is 0 Å². The lowest BCUT2D eigenvalue weighted by Crippen LogP contribution is -2.54. The van der Waals surface area contributed by atoms with Gasteiger partial charge in [-0.1, -0.05) is 0 Å². The molecule has 2 aliphatic rings. The van der Waals surface area contributed by atoms with Gasteiger partial charge in [-0.3, -0.25) is 9.69 Å². The molecule has 2 fully saturated rings. The summed E-state index contributed by atoms with van der Waals surface area (Å²) in [6.45, 7) is 6.01. The minimum atomic E-state index is -0.465. The summed E-state index contributed by atoms with van der Waals surface area (Å²) < 4.78 is 0. The molecule has 1 saturated carbocycles. The van der Waals surface area contributed by atoms with E-state index in [2.05, 4.69) is 15.5 Å². The van der Waals surface area contributed by atoms with E-state index in [0.29, 0.717) is 6.04 Å². The number of amides is 1. The van der Waals surface area contributed by atoms with Gasteiger partial charge in [0.25, 0.3) is 0 Å². The van der Waals surface area contributed by atoms with Gasteiger partial charge in [-0.2, -0.15) is 0 Å². The van der Waals surface area contributed by atoms with Gasteiger partial charge in [0.05, 0.1) is 5.54 Å². The van der Waals surface area contributed by atoms with Gasteiger partial charge in [0, 0.05) is 25.2 Å². The molecule has 0 spiro atoms. The zero-order valence-electron chi connectivity index (χ0n) is 10.5. The topological polar surface area (TPSA) is 44.4 Å². The first-order valence-corrected chi connectivity index (χ1v) is 6.27. The molecule has 0 radical (unpaired) electrons. The van der Waals surface area contributed by atoms with Crippen LogP contribution in [0.4, 0.5) is 0 Å². The van der Waals surface area contributed by atoms with E-state index in [1.807, 2.05) is 20.9 Å². The Labute approximate surface area is 97.8 Å². The second kappa shape index (κ2) is 4.34. The lowest BCUT2D eigenvalue weighted by atomic mass is 10.0. The van der Waals surface area contributed by atoms with Gasteiger partial charge in [-0.25, -0.2) is 0 Å². The number of carbonyl (C=O) groups excluding carboxylic acids is 1. The summed E-state index contributed by atoms with van der Waals surface area (Å²) in [6.07, 6.45) is 3.80. The molecule has 1 atom stereocenters. The highest BCUT2D eigenvalue weighted by Gasteiger charge is 2.36. The van der Waals surface area contributed by atoms with Gasteiger partial charge in [0.1, 0.15) is 0 Å². The van der Waals surface area contributed by atoms with Crippen LogP contribution in [0.1, 0.15) is 33.1 Å². The molecule has 1 saturated heterocycles. The minimum Gasteiger partial charge on any atom is -0.350 e. The number of carbonyl (C=O) groups is 1. The minimum absolute atomic E-state index is 0.109. The van der Waals surface area contributed by atoms with Crippen LogP contribution in [-0.2, 0) is 4.79 Å². The van der Waals surface area contributed by atoms with Crippen molar-refractivity contribution in [1.29, 1.82) is 0 Å². The van der Waals surface area contributed by atoms with Crippen LogP contribution in [0.3, 0.4) is 0 Å². The molecule has 1 aliphatic carbocycles. The normalized spacial score (nSPS) is 27.1. The fourth-order valence-electron chi connectivity index (χ4n) is 2.16. The summed E-state index contributed by atoms with van der Waals surface area (Å²) in [7, 11) is 1.82. The molecule has 1 unspecified atom stereocenters. The Morgan fingerprint density at radius 3 is 2.56 bits per heavy atom. The third kappa shape index (κ3) is 2.55. The number of rotatable bonds is 4. The van der Waals surface area contributed by atoms with E-state index in [0.717, 1.165) is 25.6 Å². The Morgan fingerprint density at radius 2 is 2.00 bits per heavy atom. The second-order valence-electron chi connectivity index (χ2n) is 5.56. The van der Waals surface area contributed by atoms with E-state index in [9.17, 15) is 4.79 Å². The van der Waals surface area contributed by atoms with Crippen molar-refractivity contribution in [2.45, 2.75) is 50.7 Å². The monoisotopic (exact) mass is 225 g/mol. The molecule has 2 rings (SSSR count). The zero-order chi connectivity index (χ0) is 11.8. The number of likely N-dealkylation sites (tertiary alicyclic amines) is 1. The molecule has 0 bridgehead atoms. The van der Waals surface area contributed by atoms with E-state index in [1.165, 1.54) is 12.8 Å². The van der Waals surface area contributed by atoms with Gasteiger partial charge in [-0.15, -0.1) is 0 Å². The second-order valence-corrected chi connectivity index (χ2v) is 5.56. The molecule has 1 heterocycles. The molecular formula is C12H23N3O. The molecule has 16 heavy (non-hydrogen) atoms. The molecule has 0 aromatic carbocycles. The van der Waals surface area contributed by atoms with Crippen molar-refractivity contribution < 1.29 is 4.79 Å². The first-order valence-electron chi connectivity index (χ1n) is 6.27. The molecule has 0 aromatic rings. The van der Waals surface area contributed by atoms with Crippen LogP contribution in [0.15, 0.2) is 0 Å². The highest BCUT2D eigenvalue weighted by atomic mass is 16.2. The molecule has 2 N–H and O–H groups in total. The van der Waals surface area contributed by atoms with Crippen LogP contribution in [0.5, 0.6) is 0 Å². The highest BCUT2D eigenvalue weighted by molar-refractivity contribution is 5.85. The fourth-order valence-corrected chi connectivity index (χ4v) is 2.16. The quantitative estimate of drug-likeness (QED) is 0.725. The molecule has 4 heteroatoms. The number of likely N-dealkylation sites (N-methyl/N-ethyl adjacent to an activating group) is 1. The molecular weight excluding hydrogens is 202 g/mol.